The van der Waals surface area contributed by atoms with Gasteiger partial charge in [0.05, 0.1) is 0 Å². The van der Waals surface area contributed by atoms with Crippen molar-refractivity contribution in [3.63, 3.8) is 0 Å². The first-order valence-electron chi connectivity index (χ1n) is 19.5. The molecule has 0 N–H and O–H groups in total. The zero-order valence-corrected chi connectivity index (χ0v) is 30.2. The summed E-state index contributed by atoms with van der Waals surface area (Å²) in [6.45, 7) is 6.46. The first kappa shape index (κ1) is 43.4. The van der Waals surface area contributed by atoms with Crippen molar-refractivity contribution in [1.82, 2.24) is 0 Å². The smallest absolute Gasteiger partial charge is 0.306 e. The summed E-state index contributed by atoms with van der Waals surface area (Å²) >= 11 is 0. The molecule has 0 aromatic heterocycles. The third kappa shape index (κ3) is 33.6. The lowest BCUT2D eigenvalue weighted by Crippen LogP contribution is -2.30. The van der Waals surface area contributed by atoms with Gasteiger partial charge < -0.3 is 14.2 Å². The van der Waals surface area contributed by atoms with E-state index in [-0.39, 0.29) is 31.1 Å². The van der Waals surface area contributed by atoms with E-state index in [4.69, 9.17) is 14.2 Å². The molecular formula is C39H74O6. The van der Waals surface area contributed by atoms with Crippen molar-refractivity contribution in [1.29, 1.82) is 0 Å². The molecule has 0 spiro atoms. The van der Waals surface area contributed by atoms with Crippen LogP contribution in [-0.2, 0) is 28.6 Å². The molecule has 1 atom stereocenters. The SMILES string of the molecule is CCCCCCCCCCCCCCCCCCCC(=O)OC[C@@H](COC(=O)CCCCCCC)OC(=O)CCCCCCC. The van der Waals surface area contributed by atoms with Crippen molar-refractivity contribution in [2.24, 2.45) is 0 Å². The Labute approximate surface area is 278 Å². The molecule has 45 heavy (non-hydrogen) atoms. The zero-order valence-electron chi connectivity index (χ0n) is 30.2. The van der Waals surface area contributed by atoms with Crippen LogP contribution in [0, 0.1) is 0 Å². The molecule has 0 saturated heterocycles. The minimum Gasteiger partial charge on any atom is -0.462 e. The third-order valence-corrected chi connectivity index (χ3v) is 8.61. The number of unbranched alkanes of at least 4 members (excludes halogenated alkanes) is 24. The van der Waals surface area contributed by atoms with E-state index in [9.17, 15) is 14.4 Å². The van der Waals surface area contributed by atoms with Crippen molar-refractivity contribution in [2.45, 2.75) is 219 Å². The van der Waals surface area contributed by atoms with Gasteiger partial charge >= 0.3 is 17.9 Å². The van der Waals surface area contributed by atoms with Gasteiger partial charge in [0.25, 0.3) is 0 Å². The highest BCUT2D eigenvalue weighted by atomic mass is 16.6. The van der Waals surface area contributed by atoms with Gasteiger partial charge in [-0.1, -0.05) is 175 Å². The van der Waals surface area contributed by atoms with E-state index in [2.05, 4.69) is 20.8 Å². The number of hydrogen-bond acceptors (Lipinski definition) is 6. The quantitative estimate of drug-likeness (QED) is 0.0390. The Bertz CT molecular complexity index is 664. The molecule has 0 bridgehead atoms. The summed E-state index contributed by atoms with van der Waals surface area (Å²) in [5.74, 6) is -0.892. The second-order valence-electron chi connectivity index (χ2n) is 13.2. The van der Waals surface area contributed by atoms with Crippen LogP contribution in [0.3, 0.4) is 0 Å². The number of rotatable bonds is 35. The third-order valence-electron chi connectivity index (χ3n) is 8.61. The lowest BCUT2D eigenvalue weighted by atomic mass is 10.0. The molecule has 0 aromatic rings. The normalized spacial score (nSPS) is 11.8. The number of ether oxygens (including phenoxy) is 3. The number of carbonyl (C=O) groups is 3. The number of hydrogen-bond donors (Lipinski definition) is 0. The molecule has 0 rings (SSSR count). The predicted octanol–water partition coefficient (Wildman–Crippen LogP) is 11.7. The Balaban J connectivity index is 4.03. The van der Waals surface area contributed by atoms with Crippen molar-refractivity contribution < 1.29 is 28.6 Å². The average Bonchev–Trinajstić information content (AvgIpc) is 3.03. The standard InChI is InChI=1S/C39H74O6/c1-4-7-10-13-14-15-16-17-18-19-20-21-22-23-24-27-29-32-38(41)44-35-36(45-39(42)33-30-26-12-9-6-3)34-43-37(40)31-28-25-11-8-5-2/h36H,4-35H2,1-3H3/t36-/m1/s1. The fourth-order valence-electron chi connectivity index (χ4n) is 5.62. The van der Waals surface area contributed by atoms with E-state index in [1.807, 2.05) is 0 Å². The summed E-state index contributed by atoms with van der Waals surface area (Å²) in [4.78, 5) is 36.9. The van der Waals surface area contributed by atoms with Gasteiger partial charge in [0.15, 0.2) is 6.10 Å². The van der Waals surface area contributed by atoms with Crippen molar-refractivity contribution in [2.75, 3.05) is 13.2 Å². The Morgan fingerprint density at radius 1 is 0.356 bits per heavy atom. The zero-order chi connectivity index (χ0) is 33.1. The van der Waals surface area contributed by atoms with Gasteiger partial charge in [-0.25, -0.2) is 0 Å². The van der Waals surface area contributed by atoms with Crippen LogP contribution in [0.5, 0.6) is 0 Å². The first-order valence-corrected chi connectivity index (χ1v) is 19.5. The minimum absolute atomic E-state index is 0.0663. The van der Waals surface area contributed by atoms with Crippen molar-refractivity contribution >= 4 is 17.9 Å². The first-order chi connectivity index (χ1) is 22.0. The molecule has 0 saturated carbocycles. The van der Waals surface area contributed by atoms with Gasteiger partial charge in [-0.3, -0.25) is 14.4 Å². The Morgan fingerprint density at radius 3 is 0.889 bits per heavy atom. The van der Waals surface area contributed by atoms with Crippen LogP contribution < -0.4 is 0 Å². The number of esters is 3. The van der Waals surface area contributed by atoms with Crippen LogP contribution in [0.4, 0.5) is 0 Å². The second-order valence-corrected chi connectivity index (χ2v) is 13.2. The molecule has 266 valence electrons. The molecule has 0 unspecified atom stereocenters. The summed E-state index contributed by atoms with van der Waals surface area (Å²) in [5.41, 5.74) is 0. The Morgan fingerprint density at radius 2 is 0.600 bits per heavy atom. The molecule has 0 aliphatic carbocycles. The van der Waals surface area contributed by atoms with E-state index in [0.717, 1.165) is 70.6 Å². The maximum Gasteiger partial charge on any atom is 0.306 e. The van der Waals surface area contributed by atoms with Crippen molar-refractivity contribution in [3.8, 4) is 0 Å². The van der Waals surface area contributed by atoms with Crippen LogP contribution in [0.25, 0.3) is 0 Å². The van der Waals surface area contributed by atoms with Gasteiger partial charge in [-0.05, 0) is 19.3 Å². The van der Waals surface area contributed by atoms with E-state index in [0.29, 0.717) is 19.3 Å². The highest BCUT2D eigenvalue weighted by Gasteiger charge is 2.19. The molecular weight excluding hydrogens is 564 g/mol. The molecule has 6 nitrogen and oxygen atoms in total. The predicted molar refractivity (Wildman–Crippen MR) is 187 cm³/mol. The highest BCUT2D eigenvalue weighted by Crippen LogP contribution is 2.15. The lowest BCUT2D eigenvalue weighted by molar-refractivity contribution is -0.167. The van der Waals surface area contributed by atoms with E-state index in [1.54, 1.807) is 0 Å². The second kappa shape index (κ2) is 35.3. The topological polar surface area (TPSA) is 78.9 Å². The molecule has 6 heteroatoms. The molecule has 0 aromatic carbocycles. The highest BCUT2D eigenvalue weighted by molar-refractivity contribution is 5.71. The van der Waals surface area contributed by atoms with Gasteiger partial charge in [-0.2, -0.15) is 0 Å². The van der Waals surface area contributed by atoms with Gasteiger partial charge in [0, 0.05) is 19.3 Å². The van der Waals surface area contributed by atoms with Crippen LogP contribution in [-0.4, -0.2) is 37.2 Å². The Hall–Kier alpha value is -1.59. The van der Waals surface area contributed by atoms with Gasteiger partial charge in [0.2, 0.25) is 0 Å². The fourth-order valence-corrected chi connectivity index (χ4v) is 5.62. The summed E-state index contributed by atoms with van der Waals surface area (Å²) in [6, 6.07) is 0. The van der Waals surface area contributed by atoms with Gasteiger partial charge in [-0.15, -0.1) is 0 Å². The van der Waals surface area contributed by atoms with Crippen molar-refractivity contribution in [3.05, 3.63) is 0 Å². The lowest BCUT2D eigenvalue weighted by Gasteiger charge is -2.18. The summed E-state index contributed by atoms with van der Waals surface area (Å²) in [6.07, 6.45) is 32.9. The summed E-state index contributed by atoms with van der Waals surface area (Å²) in [5, 5.41) is 0. The fraction of sp³-hybridized carbons (Fsp3) is 0.923. The maximum atomic E-state index is 12.4. The van der Waals surface area contributed by atoms with Crippen LogP contribution in [0.2, 0.25) is 0 Å². The molecule has 0 fully saturated rings. The monoisotopic (exact) mass is 639 g/mol. The van der Waals surface area contributed by atoms with E-state index >= 15 is 0 Å². The maximum absolute atomic E-state index is 12.4. The summed E-state index contributed by atoms with van der Waals surface area (Å²) < 4.78 is 16.4. The summed E-state index contributed by atoms with van der Waals surface area (Å²) in [7, 11) is 0. The molecule has 0 aliphatic heterocycles. The van der Waals surface area contributed by atoms with E-state index < -0.39 is 6.10 Å². The van der Waals surface area contributed by atoms with Crippen LogP contribution in [0.15, 0.2) is 0 Å². The molecule has 0 heterocycles. The molecule has 0 radical (unpaired) electrons. The van der Waals surface area contributed by atoms with Gasteiger partial charge in [0.1, 0.15) is 13.2 Å². The molecule has 0 amide bonds. The van der Waals surface area contributed by atoms with E-state index in [1.165, 1.54) is 103 Å². The number of carbonyl (C=O) groups excluding carboxylic acids is 3. The Kier molecular flexibility index (Phi) is 34.0. The van der Waals surface area contributed by atoms with Crippen LogP contribution >= 0.6 is 0 Å². The molecule has 0 aliphatic rings. The largest absolute Gasteiger partial charge is 0.462 e. The minimum atomic E-state index is -0.753. The van der Waals surface area contributed by atoms with Crippen LogP contribution in [0.1, 0.15) is 213 Å². The average molecular weight is 639 g/mol.